The molecule has 0 saturated carbocycles. The molecule has 0 aromatic heterocycles. The van der Waals surface area contributed by atoms with Crippen molar-refractivity contribution in [2.45, 2.75) is 65.2 Å². The molecule has 0 bridgehead atoms. The molecule has 0 radical (unpaired) electrons. The summed E-state index contributed by atoms with van der Waals surface area (Å²) in [6, 6.07) is 6.09. The second kappa shape index (κ2) is 12.9. The Morgan fingerprint density at radius 2 is 1.11 bits per heavy atom. The first-order valence-electron chi connectivity index (χ1n) is 9.70. The number of phenols is 4. The van der Waals surface area contributed by atoms with Crippen molar-refractivity contribution in [1.29, 1.82) is 0 Å². The highest BCUT2D eigenvalue weighted by atomic mass is 79.9. The molecule has 156 valence electrons. The minimum atomic E-state index is 0.0854. The highest BCUT2D eigenvalue weighted by Gasteiger charge is 2.13. The summed E-state index contributed by atoms with van der Waals surface area (Å²) >= 11 is 6.65. The molecule has 0 aliphatic heterocycles. The third-order valence-electron chi connectivity index (χ3n) is 4.31. The van der Waals surface area contributed by atoms with Gasteiger partial charge in [0, 0.05) is 12.1 Å². The van der Waals surface area contributed by atoms with Crippen LogP contribution in [0, 0.1) is 0 Å². The van der Waals surface area contributed by atoms with Crippen LogP contribution < -0.4 is 0 Å². The third-order valence-corrected chi connectivity index (χ3v) is 6.08. The standard InChI is InChI=1S/C11H14Br2O2.C11H16O2/c1-2-3-4-5-7-10(12)8(14)6-9(15)11(7)13;1-2-3-4-5-9-6-10(12)8-11(13)7-9/h6,14-15H,2-5H2,1H3;6-8,12-13H,2-5H2,1H3. The number of aryl methyl sites for hydroxylation is 1. The average molecular weight is 518 g/mol. The Bertz CT molecular complexity index is 701. The summed E-state index contributed by atoms with van der Waals surface area (Å²) < 4.78 is 1.34. The predicted molar refractivity (Wildman–Crippen MR) is 121 cm³/mol. The topological polar surface area (TPSA) is 80.9 Å². The lowest BCUT2D eigenvalue weighted by Gasteiger charge is -2.10. The molecule has 0 fully saturated rings. The van der Waals surface area contributed by atoms with Crippen LogP contribution in [0.2, 0.25) is 0 Å². The van der Waals surface area contributed by atoms with Crippen LogP contribution in [-0.2, 0) is 12.8 Å². The molecular weight excluding hydrogens is 488 g/mol. The largest absolute Gasteiger partial charge is 0.508 e. The monoisotopic (exact) mass is 516 g/mol. The minimum absolute atomic E-state index is 0.0854. The Morgan fingerprint density at radius 1 is 0.643 bits per heavy atom. The van der Waals surface area contributed by atoms with Gasteiger partial charge in [-0.3, -0.25) is 0 Å². The van der Waals surface area contributed by atoms with Gasteiger partial charge in [-0.1, -0.05) is 39.5 Å². The Morgan fingerprint density at radius 3 is 1.57 bits per heavy atom. The number of rotatable bonds is 8. The van der Waals surface area contributed by atoms with Crippen molar-refractivity contribution in [2.75, 3.05) is 0 Å². The van der Waals surface area contributed by atoms with Crippen LogP contribution >= 0.6 is 31.9 Å². The number of benzene rings is 2. The van der Waals surface area contributed by atoms with Gasteiger partial charge in [0.2, 0.25) is 0 Å². The Kier molecular flexibility index (Phi) is 11.4. The molecule has 4 nitrogen and oxygen atoms in total. The van der Waals surface area contributed by atoms with E-state index in [1.165, 1.54) is 25.0 Å². The van der Waals surface area contributed by atoms with Gasteiger partial charge in [0.05, 0.1) is 8.95 Å². The summed E-state index contributed by atoms with van der Waals surface area (Å²) in [6.07, 6.45) is 8.61. The zero-order valence-electron chi connectivity index (χ0n) is 16.5. The van der Waals surface area contributed by atoms with Gasteiger partial charge in [0.15, 0.2) is 0 Å². The highest BCUT2D eigenvalue weighted by molar-refractivity contribution is 9.11. The minimum Gasteiger partial charge on any atom is -0.508 e. The van der Waals surface area contributed by atoms with Crippen molar-refractivity contribution >= 4 is 31.9 Å². The lowest BCUT2D eigenvalue weighted by Crippen LogP contribution is -1.90. The van der Waals surface area contributed by atoms with E-state index in [2.05, 4.69) is 45.7 Å². The summed E-state index contributed by atoms with van der Waals surface area (Å²) in [7, 11) is 0. The van der Waals surface area contributed by atoms with Crippen molar-refractivity contribution in [1.82, 2.24) is 0 Å². The fraction of sp³-hybridized carbons (Fsp3) is 0.455. The van der Waals surface area contributed by atoms with E-state index in [9.17, 15) is 20.4 Å². The van der Waals surface area contributed by atoms with Crippen LogP contribution in [0.15, 0.2) is 33.2 Å². The molecule has 0 atom stereocenters. The van der Waals surface area contributed by atoms with Crippen molar-refractivity contribution < 1.29 is 20.4 Å². The van der Waals surface area contributed by atoms with E-state index in [0.717, 1.165) is 49.7 Å². The smallest absolute Gasteiger partial charge is 0.133 e. The zero-order chi connectivity index (χ0) is 21.1. The molecule has 0 unspecified atom stereocenters. The Labute approximate surface area is 184 Å². The molecule has 6 heteroatoms. The number of phenolic OH excluding ortho intramolecular Hbond substituents is 4. The lowest BCUT2D eigenvalue weighted by molar-refractivity contribution is 0.444. The third kappa shape index (κ3) is 8.31. The molecule has 0 spiro atoms. The van der Waals surface area contributed by atoms with E-state index >= 15 is 0 Å². The maximum absolute atomic E-state index is 9.53. The molecular formula is C22H30Br2O4. The summed E-state index contributed by atoms with van der Waals surface area (Å²) in [5.74, 6) is 0.461. The molecule has 0 heterocycles. The number of hydrogen-bond donors (Lipinski definition) is 4. The van der Waals surface area contributed by atoms with E-state index in [1.54, 1.807) is 12.1 Å². The SMILES string of the molecule is CCCCCc1c(Br)c(O)cc(O)c1Br.CCCCCc1cc(O)cc(O)c1. The number of aromatic hydroxyl groups is 4. The summed E-state index contributed by atoms with van der Waals surface area (Å²) in [5.41, 5.74) is 1.94. The first kappa shape index (κ1) is 24.6. The molecule has 0 aliphatic rings. The van der Waals surface area contributed by atoms with Gasteiger partial charge in [0.25, 0.3) is 0 Å². The molecule has 28 heavy (non-hydrogen) atoms. The number of halogens is 2. The van der Waals surface area contributed by atoms with Crippen LogP contribution in [0.5, 0.6) is 23.0 Å². The van der Waals surface area contributed by atoms with Crippen LogP contribution in [-0.4, -0.2) is 20.4 Å². The molecule has 2 rings (SSSR count). The maximum atomic E-state index is 9.53. The normalized spacial score (nSPS) is 10.4. The van der Waals surface area contributed by atoms with Gasteiger partial charge in [-0.25, -0.2) is 0 Å². The van der Waals surface area contributed by atoms with Crippen LogP contribution in [0.25, 0.3) is 0 Å². The average Bonchev–Trinajstić information content (AvgIpc) is 2.63. The van der Waals surface area contributed by atoms with Gasteiger partial charge < -0.3 is 20.4 Å². The van der Waals surface area contributed by atoms with Gasteiger partial charge in [0.1, 0.15) is 23.0 Å². The van der Waals surface area contributed by atoms with Crippen molar-refractivity contribution in [2.24, 2.45) is 0 Å². The number of unbranched alkanes of at least 4 members (excludes halogenated alkanes) is 4. The quantitative estimate of drug-likeness (QED) is 0.279. The van der Waals surface area contributed by atoms with E-state index in [0.29, 0.717) is 8.95 Å². The van der Waals surface area contributed by atoms with Crippen molar-refractivity contribution in [3.05, 3.63) is 44.3 Å². The second-order valence-electron chi connectivity index (χ2n) is 6.79. The van der Waals surface area contributed by atoms with Crippen molar-refractivity contribution in [3.63, 3.8) is 0 Å². The molecule has 0 amide bonds. The van der Waals surface area contributed by atoms with E-state index in [-0.39, 0.29) is 23.0 Å². The fourth-order valence-electron chi connectivity index (χ4n) is 2.81. The summed E-state index contributed by atoms with van der Waals surface area (Å²) in [4.78, 5) is 0. The molecule has 2 aromatic carbocycles. The fourth-order valence-corrected chi connectivity index (χ4v) is 4.10. The van der Waals surface area contributed by atoms with E-state index in [4.69, 9.17) is 0 Å². The molecule has 0 saturated heterocycles. The maximum Gasteiger partial charge on any atom is 0.133 e. The highest BCUT2D eigenvalue weighted by Crippen LogP contribution is 2.40. The zero-order valence-corrected chi connectivity index (χ0v) is 19.7. The van der Waals surface area contributed by atoms with Gasteiger partial charge in [-0.05, 0) is 80.8 Å². The summed E-state index contributed by atoms with van der Waals surface area (Å²) in [5, 5.41) is 37.4. The molecule has 0 aliphatic carbocycles. The van der Waals surface area contributed by atoms with Crippen LogP contribution in [0.3, 0.4) is 0 Å². The Hall–Kier alpha value is -1.40. The first-order valence-corrected chi connectivity index (χ1v) is 11.3. The van der Waals surface area contributed by atoms with Gasteiger partial charge in [-0.2, -0.15) is 0 Å². The van der Waals surface area contributed by atoms with Gasteiger partial charge in [-0.15, -0.1) is 0 Å². The van der Waals surface area contributed by atoms with Gasteiger partial charge >= 0.3 is 0 Å². The lowest BCUT2D eigenvalue weighted by atomic mass is 10.1. The molecule has 2 aromatic rings. The van der Waals surface area contributed by atoms with Crippen LogP contribution in [0.1, 0.15) is 63.5 Å². The van der Waals surface area contributed by atoms with Crippen molar-refractivity contribution in [3.8, 4) is 23.0 Å². The summed E-state index contributed by atoms with van der Waals surface area (Å²) in [6.45, 7) is 4.30. The van der Waals surface area contributed by atoms with E-state index in [1.807, 2.05) is 0 Å². The Balaban J connectivity index is 0.000000283. The molecule has 4 N–H and O–H groups in total. The number of hydrogen-bond acceptors (Lipinski definition) is 4. The second-order valence-corrected chi connectivity index (χ2v) is 8.38. The first-order chi connectivity index (χ1) is 13.3. The van der Waals surface area contributed by atoms with Crippen LogP contribution in [0.4, 0.5) is 0 Å². The predicted octanol–water partition coefficient (Wildman–Crippen LogP) is 7.19. The van der Waals surface area contributed by atoms with E-state index < -0.39 is 0 Å².